The summed E-state index contributed by atoms with van der Waals surface area (Å²) in [5.74, 6) is 1.67. The molecular weight excluding hydrogens is 591 g/mol. The van der Waals surface area contributed by atoms with Gasteiger partial charge in [0.2, 0.25) is 5.95 Å². The van der Waals surface area contributed by atoms with Gasteiger partial charge in [0.1, 0.15) is 6.07 Å². The van der Waals surface area contributed by atoms with Crippen LogP contribution in [0.5, 0.6) is 0 Å². The highest BCUT2D eigenvalue weighted by Gasteiger charge is 2.21. The first-order chi connectivity index (χ1) is 23.7. The normalized spacial score (nSPS) is 11.3. The van der Waals surface area contributed by atoms with Crippen molar-refractivity contribution < 1.29 is 0 Å². The monoisotopic (exact) mass is 613 g/mol. The number of hydrogen-bond donors (Lipinski definition) is 0. The van der Waals surface area contributed by atoms with Crippen LogP contribution in [0.3, 0.4) is 0 Å². The van der Waals surface area contributed by atoms with Crippen LogP contribution in [0.4, 0.5) is 0 Å². The Bertz CT molecular complexity index is 2740. The van der Waals surface area contributed by atoms with Gasteiger partial charge in [-0.2, -0.15) is 20.5 Å². The van der Waals surface area contributed by atoms with Crippen molar-refractivity contribution >= 4 is 43.6 Å². The van der Waals surface area contributed by atoms with Crippen LogP contribution < -0.4 is 0 Å². The Morgan fingerprint density at radius 2 is 0.979 bits per heavy atom. The molecule has 0 spiro atoms. The third kappa shape index (κ3) is 4.16. The predicted molar refractivity (Wildman–Crippen MR) is 189 cm³/mol. The molecule has 9 aromatic rings. The van der Waals surface area contributed by atoms with E-state index in [0.717, 1.165) is 54.7 Å². The van der Waals surface area contributed by atoms with Gasteiger partial charge in [-0.05, 0) is 42.5 Å². The molecule has 0 saturated heterocycles. The van der Waals surface area contributed by atoms with Crippen molar-refractivity contribution in [2.75, 3.05) is 0 Å². The molecule has 0 unspecified atom stereocenters. The van der Waals surface area contributed by atoms with E-state index in [9.17, 15) is 10.5 Å². The van der Waals surface area contributed by atoms with Gasteiger partial charge in [0, 0.05) is 32.7 Å². The van der Waals surface area contributed by atoms with E-state index in [1.54, 1.807) is 12.1 Å². The van der Waals surface area contributed by atoms with Crippen LogP contribution in [0, 0.1) is 22.7 Å². The first-order valence-electron chi connectivity index (χ1n) is 15.5. The van der Waals surface area contributed by atoms with Crippen LogP contribution >= 0.6 is 0 Å². The molecular formula is C41H23N7. The summed E-state index contributed by atoms with van der Waals surface area (Å²) in [6.07, 6.45) is 0. The van der Waals surface area contributed by atoms with Crippen molar-refractivity contribution in [3.05, 3.63) is 151 Å². The van der Waals surface area contributed by atoms with Crippen molar-refractivity contribution in [1.82, 2.24) is 24.1 Å². The Morgan fingerprint density at radius 3 is 1.56 bits per heavy atom. The summed E-state index contributed by atoms with van der Waals surface area (Å²) in [4.78, 5) is 15.1. The Balaban J connectivity index is 1.41. The van der Waals surface area contributed by atoms with E-state index in [0.29, 0.717) is 34.4 Å². The molecule has 3 aromatic heterocycles. The summed E-state index contributed by atoms with van der Waals surface area (Å²) in [5, 5.41) is 24.0. The van der Waals surface area contributed by atoms with E-state index in [-0.39, 0.29) is 0 Å². The summed E-state index contributed by atoms with van der Waals surface area (Å²) < 4.78 is 4.22. The van der Waals surface area contributed by atoms with E-state index in [1.165, 1.54) is 0 Å². The number of aromatic nitrogens is 5. The summed E-state index contributed by atoms with van der Waals surface area (Å²) in [5.41, 5.74) is 7.15. The second-order valence-corrected chi connectivity index (χ2v) is 11.6. The van der Waals surface area contributed by atoms with Gasteiger partial charge in [-0.1, -0.05) is 97.1 Å². The van der Waals surface area contributed by atoms with Crippen molar-refractivity contribution in [3.8, 4) is 46.5 Å². The highest BCUT2D eigenvalue weighted by atomic mass is 15.2. The second kappa shape index (κ2) is 10.8. The zero-order chi connectivity index (χ0) is 32.2. The number of benzene rings is 6. The molecule has 7 nitrogen and oxygen atoms in total. The van der Waals surface area contributed by atoms with Crippen LogP contribution in [0.15, 0.2) is 140 Å². The van der Waals surface area contributed by atoms with Gasteiger partial charge in [-0.25, -0.2) is 4.98 Å². The van der Waals surface area contributed by atoms with Crippen molar-refractivity contribution in [2.24, 2.45) is 0 Å². The minimum absolute atomic E-state index is 0.426. The standard InChI is InChI=1S/C41H23N7/c42-24-26-19-20-34(29(21-26)25-43)47-35-17-9-7-15-30(35)32-22-33-31-16-8-10-18-36(31)48(38(33)23-37(32)47)41-45-39(27-11-3-1-4-12-27)44-40(46-41)28-13-5-2-6-14-28/h1-23H. The largest absolute Gasteiger partial charge is 0.308 e. The van der Waals surface area contributed by atoms with Gasteiger partial charge in [0.15, 0.2) is 11.6 Å². The van der Waals surface area contributed by atoms with Crippen LogP contribution in [0.1, 0.15) is 11.1 Å². The highest BCUT2D eigenvalue weighted by Crippen LogP contribution is 2.40. The van der Waals surface area contributed by atoms with E-state index in [2.05, 4.69) is 57.7 Å². The fraction of sp³-hybridized carbons (Fsp3) is 0. The average Bonchev–Trinajstić information content (AvgIpc) is 3.66. The molecule has 0 aliphatic carbocycles. The zero-order valence-corrected chi connectivity index (χ0v) is 25.4. The molecule has 0 aliphatic heterocycles. The molecule has 0 saturated carbocycles. The van der Waals surface area contributed by atoms with Crippen molar-refractivity contribution in [3.63, 3.8) is 0 Å². The lowest BCUT2D eigenvalue weighted by molar-refractivity contribution is 0.953. The molecule has 0 amide bonds. The first-order valence-corrected chi connectivity index (χ1v) is 15.5. The summed E-state index contributed by atoms with van der Waals surface area (Å²) in [6.45, 7) is 0. The number of rotatable bonds is 4. The van der Waals surface area contributed by atoms with Gasteiger partial charge < -0.3 is 4.57 Å². The van der Waals surface area contributed by atoms with Crippen LogP contribution in [-0.4, -0.2) is 24.1 Å². The maximum Gasteiger partial charge on any atom is 0.238 e. The molecule has 0 atom stereocenters. The minimum Gasteiger partial charge on any atom is -0.308 e. The summed E-state index contributed by atoms with van der Waals surface area (Å²) in [6, 6.07) is 50.6. The second-order valence-electron chi connectivity index (χ2n) is 11.6. The lowest BCUT2D eigenvalue weighted by Gasteiger charge is -2.12. The number of para-hydroxylation sites is 2. The van der Waals surface area contributed by atoms with E-state index in [1.807, 2.05) is 91.0 Å². The number of nitriles is 2. The van der Waals surface area contributed by atoms with Gasteiger partial charge in [0.25, 0.3) is 0 Å². The van der Waals surface area contributed by atoms with Gasteiger partial charge >= 0.3 is 0 Å². The van der Waals surface area contributed by atoms with Crippen molar-refractivity contribution in [2.45, 2.75) is 0 Å². The van der Waals surface area contributed by atoms with Crippen LogP contribution in [-0.2, 0) is 0 Å². The number of nitrogens with zero attached hydrogens (tertiary/aromatic N) is 7. The molecule has 0 fully saturated rings. The Morgan fingerprint density at radius 1 is 0.438 bits per heavy atom. The maximum absolute atomic E-state index is 10.2. The first kappa shape index (κ1) is 27.2. The topological polar surface area (TPSA) is 96.1 Å². The predicted octanol–water partition coefficient (Wildman–Crippen LogP) is 9.14. The minimum atomic E-state index is 0.426. The Hall–Kier alpha value is -7.09. The summed E-state index contributed by atoms with van der Waals surface area (Å²) in [7, 11) is 0. The van der Waals surface area contributed by atoms with Gasteiger partial charge in [0.05, 0.1) is 45.0 Å². The molecule has 6 aromatic carbocycles. The fourth-order valence-corrected chi connectivity index (χ4v) is 6.69. The molecule has 0 bridgehead atoms. The van der Waals surface area contributed by atoms with Crippen LogP contribution in [0.2, 0.25) is 0 Å². The van der Waals surface area contributed by atoms with Crippen LogP contribution in [0.25, 0.3) is 78.0 Å². The molecule has 9 rings (SSSR count). The zero-order valence-electron chi connectivity index (χ0n) is 25.4. The number of fused-ring (bicyclic) bond motifs is 6. The quantitative estimate of drug-likeness (QED) is 0.197. The average molecular weight is 614 g/mol. The van der Waals surface area contributed by atoms with E-state index >= 15 is 0 Å². The van der Waals surface area contributed by atoms with Gasteiger partial charge in [-0.3, -0.25) is 4.57 Å². The highest BCUT2D eigenvalue weighted by molar-refractivity contribution is 6.19. The van der Waals surface area contributed by atoms with Crippen molar-refractivity contribution in [1.29, 1.82) is 10.5 Å². The van der Waals surface area contributed by atoms with Gasteiger partial charge in [-0.15, -0.1) is 0 Å². The molecule has 3 heterocycles. The Kier molecular flexibility index (Phi) is 6.11. The Labute approximate surface area is 274 Å². The smallest absolute Gasteiger partial charge is 0.238 e. The molecule has 7 heteroatoms. The fourth-order valence-electron chi connectivity index (χ4n) is 6.69. The number of hydrogen-bond acceptors (Lipinski definition) is 5. The lowest BCUT2D eigenvalue weighted by atomic mass is 10.1. The van der Waals surface area contributed by atoms with E-state index < -0.39 is 0 Å². The molecule has 0 N–H and O–H groups in total. The third-order valence-electron chi connectivity index (χ3n) is 8.84. The molecule has 0 radical (unpaired) electrons. The molecule has 222 valence electrons. The molecule has 0 aliphatic rings. The molecule has 48 heavy (non-hydrogen) atoms. The summed E-state index contributed by atoms with van der Waals surface area (Å²) >= 11 is 0. The third-order valence-corrected chi connectivity index (χ3v) is 8.84. The maximum atomic E-state index is 10.2. The SMILES string of the molecule is N#Cc1ccc(-n2c3ccccc3c3cc4c5ccccc5n(-c5nc(-c6ccccc6)nc(-c6ccccc6)n5)c4cc32)c(C#N)c1. The van der Waals surface area contributed by atoms with E-state index in [4.69, 9.17) is 15.0 Å². The lowest BCUT2D eigenvalue weighted by Crippen LogP contribution is -2.06.